The number of likely N-dealkylation sites (tertiary alicyclic amines) is 1. The number of rotatable bonds is 7. The van der Waals surface area contributed by atoms with Crippen molar-refractivity contribution in [3.05, 3.63) is 82.1 Å². The molecule has 1 aliphatic heterocycles. The largest absolute Gasteiger partial charge is 0.418 e. The summed E-state index contributed by atoms with van der Waals surface area (Å²) in [6.45, 7) is 8.47. The van der Waals surface area contributed by atoms with Crippen molar-refractivity contribution in [3.63, 3.8) is 0 Å². The van der Waals surface area contributed by atoms with Crippen molar-refractivity contribution < 1.29 is 13.2 Å². The predicted octanol–water partition coefficient (Wildman–Crippen LogP) is 4.87. The molecule has 2 aliphatic rings. The van der Waals surface area contributed by atoms with Crippen LogP contribution in [0.4, 0.5) is 13.2 Å². The van der Waals surface area contributed by atoms with Gasteiger partial charge in [-0.25, -0.2) is 4.79 Å². The monoisotopic (exact) mass is 565 g/mol. The highest BCUT2D eigenvalue weighted by Gasteiger charge is 2.49. The quantitative estimate of drug-likeness (QED) is 0.300. The molecule has 4 heterocycles. The maximum Gasteiger partial charge on any atom is 0.418 e. The van der Waals surface area contributed by atoms with Gasteiger partial charge in [0.15, 0.2) is 0 Å². The number of benzene rings is 1. The number of aliphatic imine (C=N–C) groups is 1. The van der Waals surface area contributed by atoms with Crippen LogP contribution in [0.2, 0.25) is 0 Å². The second kappa shape index (κ2) is 10.3. The molecule has 1 atom stereocenters. The summed E-state index contributed by atoms with van der Waals surface area (Å²) in [6.07, 6.45) is 3.62. The predicted molar refractivity (Wildman–Crippen MR) is 151 cm³/mol. The Kier molecular flexibility index (Phi) is 6.88. The van der Waals surface area contributed by atoms with E-state index in [1.165, 1.54) is 16.8 Å². The second-order valence-electron chi connectivity index (χ2n) is 11.9. The first-order valence-corrected chi connectivity index (χ1v) is 14.0. The van der Waals surface area contributed by atoms with E-state index in [2.05, 4.69) is 33.7 Å². The SMILES string of the molecule is C=NCC1CC(c2cccc(-n3cc4c(C(F)(F)F)cc(CN5CCC[C@H](C)C5)cn4c3=O)c2)(c2nncn2C)C1. The smallest absolute Gasteiger partial charge is 0.320 e. The van der Waals surface area contributed by atoms with Crippen LogP contribution in [0.15, 0.2) is 58.8 Å². The molecule has 1 aromatic carbocycles. The Bertz CT molecular complexity index is 1640. The first kappa shape index (κ1) is 27.4. The van der Waals surface area contributed by atoms with Crippen LogP contribution in [0.3, 0.4) is 0 Å². The van der Waals surface area contributed by atoms with Gasteiger partial charge >= 0.3 is 11.9 Å². The van der Waals surface area contributed by atoms with Gasteiger partial charge in [0, 0.05) is 39.1 Å². The lowest BCUT2D eigenvalue weighted by molar-refractivity contribution is -0.136. The van der Waals surface area contributed by atoms with Crippen molar-refractivity contribution >= 4 is 12.2 Å². The second-order valence-corrected chi connectivity index (χ2v) is 11.9. The fraction of sp³-hybridized carbons (Fsp3) is 0.467. The fourth-order valence-corrected chi connectivity index (χ4v) is 6.89. The number of hydrogen-bond acceptors (Lipinski definition) is 5. The van der Waals surface area contributed by atoms with E-state index in [0.29, 0.717) is 36.2 Å². The summed E-state index contributed by atoms with van der Waals surface area (Å²) >= 11 is 0. The van der Waals surface area contributed by atoms with E-state index < -0.39 is 22.8 Å². The van der Waals surface area contributed by atoms with Crippen molar-refractivity contribution in [1.82, 2.24) is 28.6 Å². The van der Waals surface area contributed by atoms with Gasteiger partial charge in [-0.3, -0.25) is 13.9 Å². The minimum atomic E-state index is -4.60. The molecule has 41 heavy (non-hydrogen) atoms. The van der Waals surface area contributed by atoms with Gasteiger partial charge in [0.05, 0.1) is 22.2 Å². The van der Waals surface area contributed by atoms with Crippen molar-refractivity contribution in [2.45, 2.75) is 50.7 Å². The fourth-order valence-electron chi connectivity index (χ4n) is 6.89. The lowest BCUT2D eigenvalue weighted by Gasteiger charge is -2.47. The zero-order valence-corrected chi connectivity index (χ0v) is 23.3. The molecule has 1 aliphatic carbocycles. The zero-order valence-electron chi connectivity index (χ0n) is 23.3. The number of piperidine rings is 1. The number of aromatic nitrogens is 5. The van der Waals surface area contributed by atoms with Crippen molar-refractivity contribution in [3.8, 4) is 5.69 Å². The van der Waals surface area contributed by atoms with Gasteiger partial charge in [0.1, 0.15) is 12.2 Å². The Balaban J connectivity index is 1.42. The van der Waals surface area contributed by atoms with Crippen LogP contribution in [-0.2, 0) is 25.2 Å². The molecular weight excluding hydrogens is 531 g/mol. The molecule has 0 unspecified atom stereocenters. The normalized spacial score (nSPS) is 23.5. The molecule has 1 saturated carbocycles. The summed E-state index contributed by atoms with van der Waals surface area (Å²) in [7, 11) is 1.89. The van der Waals surface area contributed by atoms with Crippen LogP contribution < -0.4 is 5.69 Å². The number of imidazole rings is 1. The van der Waals surface area contributed by atoms with E-state index >= 15 is 0 Å². The van der Waals surface area contributed by atoms with Gasteiger partial charge in [-0.05, 0) is 80.1 Å². The lowest BCUT2D eigenvalue weighted by atomic mass is 9.58. The third-order valence-electron chi connectivity index (χ3n) is 8.75. The zero-order chi connectivity index (χ0) is 28.9. The van der Waals surface area contributed by atoms with Crippen molar-refractivity contribution in [2.75, 3.05) is 19.6 Å². The van der Waals surface area contributed by atoms with Gasteiger partial charge < -0.3 is 9.56 Å². The number of fused-ring (bicyclic) bond motifs is 1. The molecule has 0 amide bonds. The molecular formula is C30H34F3N7O. The Hall–Kier alpha value is -3.73. The highest BCUT2D eigenvalue weighted by Crippen LogP contribution is 2.52. The number of nitrogens with zero attached hydrogens (tertiary/aromatic N) is 7. The Morgan fingerprint density at radius 3 is 2.68 bits per heavy atom. The third-order valence-corrected chi connectivity index (χ3v) is 8.75. The maximum atomic E-state index is 14.3. The molecule has 0 bridgehead atoms. The Morgan fingerprint density at radius 2 is 2.00 bits per heavy atom. The van der Waals surface area contributed by atoms with Crippen molar-refractivity contribution in [1.29, 1.82) is 0 Å². The molecule has 11 heteroatoms. The topological polar surface area (TPSA) is 72.7 Å². The highest BCUT2D eigenvalue weighted by atomic mass is 19.4. The van der Waals surface area contributed by atoms with Crippen LogP contribution in [0.25, 0.3) is 11.2 Å². The van der Waals surface area contributed by atoms with Crippen LogP contribution in [-0.4, -0.2) is 55.0 Å². The van der Waals surface area contributed by atoms with Crippen molar-refractivity contribution in [2.24, 2.45) is 23.9 Å². The van der Waals surface area contributed by atoms with Crippen LogP contribution >= 0.6 is 0 Å². The molecule has 8 nitrogen and oxygen atoms in total. The van der Waals surface area contributed by atoms with E-state index in [9.17, 15) is 18.0 Å². The molecule has 4 aromatic rings. The van der Waals surface area contributed by atoms with Gasteiger partial charge in [-0.1, -0.05) is 19.1 Å². The molecule has 6 rings (SSSR count). The lowest BCUT2D eigenvalue weighted by Crippen LogP contribution is -2.45. The molecule has 1 saturated heterocycles. The number of aryl methyl sites for hydroxylation is 1. The van der Waals surface area contributed by atoms with Gasteiger partial charge in [0.25, 0.3) is 0 Å². The average Bonchev–Trinajstić information content (AvgIpc) is 3.48. The van der Waals surface area contributed by atoms with Crippen LogP contribution in [0.5, 0.6) is 0 Å². The maximum absolute atomic E-state index is 14.3. The standard InChI is InChI=1S/C30H34F3N7O/c1-20-6-5-9-38(15-20)16-21-10-25(30(31,32)33)26-18-39(28(41)40(26)17-21)24-8-4-7-23(11-24)29(12-22(13-29)14-34-2)27-36-35-19-37(27)3/h4,7-8,10-11,17-20,22H,2,5-6,9,12-16H2,1,3H3/t20-,22?,29?/m0/s1. The van der Waals surface area contributed by atoms with E-state index in [4.69, 9.17) is 0 Å². The van der Waals surface area contributed by atoms with E-state index in [0.717, 1.165) is 54.6 Å². The van der Waals surface area contributed by atoms with E-state index in [-0.39, 0.29) is 5.52 Å². The van der Waals surface area contributed by atoms with Crippen LogP contribution in [0.1, 0.15) is 55.1 Å². The average molecular weight is 566 g/mol. The number of halogens is 3. The molecule has 0 N–H and O–H groups in total. The molecule has 216 valence electrons. The molecule has 2 fully saturated rings. The molecule has 0 radical (unpaired) electrons. The number of alkyl halides is 3. The Morgan fingerprint density at radius 1 is 1.20 bits per heavy atom. The van der Waals surface area contributed by atoms with E-state index in [1.807, 2.05) is 29.8 Å². The van der Waals surface area contributed by atoms with Gasteiger partial charge in [-0.2, -0.15) is 13.2 Å². The van der Waals surface area contributed by atoms with Gasteiger partial charge in [0.2, 0.25) is 0 Å². The summed E-state index contributed by atoms with van der Waals surface area (Å²) in [5.41, 5.74) is -0.0208. The highest BCUT2D eigenvalue weighted by molar-refractivity contribution is 5.58. The number of hydrogen-bond donors (Lipinski definition) is 0. The Labute approximate surface area is 236 Å². The molecule has 3 aromatic heterocycles. The minimum absolute atomic E-state index is 0.160. The first-order valence-electron chi connectivity index (χ1n) is 14.0. The third kappa shape index (κ3) is 4.90. The molecule has 0 spiro atoms. The van der Waals surface area contributed by atoms with Crippen LogP contribution in [0, 0.1) is 11.8 Å². The van der Waals surface area contributed by atoms with E-state index in [1.54, 1.807) is 18.6 Å². The minimum Gasteiger partial charge on any atom is -0.320 e. The summed E-state index contributed by atoms with van der Waals surface area (Å²) in [5, 5.41) is 8.49. The van der Waals surface area contributed by atoms with Gasteiger partial charge in [-0.15, -0.1) is 10.2 Å². The summed E-state index contributed by atoms with van der Waals surface area (Å²) in [5.74, 6) is 1.64. The first-order chi connectivity index (χ1) is 19.6. The summed E-state index contributed by atoms with van der Waals surface area (Å²) in [4.78, 5) is 19.9. The summed E-state index contributed by atoms with van der Waals surface area (Å²) < 4.78 is 47.2. The number of pyridine rings is 1. The summed E-state index contributed by atoms with van der Waals surface area (Å²) in [6, 6.07) is 8.65.